The predicted octanol–water partition coefficient (Wildman–Crippen LogP) is 1.53. The van der Waals surface area contributed by atoms with Gasteiger partial charge in [0.05, 0.1) is 6.04 Å². The summed E-state index contributed by atoms with van der Waals surface area (Å²) in [6, 6.07) is 9.88. The van der Waals surface area contributed by atoms with Gasteiger partial charge in [0, 0.05) is 38.8 Å². The highest BCUT2D eigenvalue weighted by Crippen LogP contribution is 2.20. The van der Waals surface area contributed by atoms with Gasteiger partial charge in [-0.3, -0.25) is 9.79 Å². The zero-order valence-electron chi connectivity index (χ0n) is 14.7. The number of amides is 1. The van der Waals surface area contributed by atoms with Crippen molar-refractivity contribution < 1.29 is 4.79 Å². The van der Waals surface area contributed by atoms with Crippen molar-refractivity contribution in [1.82, 2.24) is 15.5 Å². The first kappa shape index (κ1) is 20.7. The number of rotatable bonds is 6. The Balaban J connectivity index is 0.00000288. The summed E-state index contributed by atoms with van der Waals surface area (Å²) in [5.41, 5.74) is 0.953. The highest BCUT2D eigenvalue weighted by Gasteiger charge is 2.30. The van der Waals surface area contributed by atoms with E-state index in [-0.39, 0.29) is 35.9 Å². The molecule has 1 amide bonds. The summed E-state index contributed by atoms with van der Waals surface area (Å²) in [5.74, 6) is 0.900. The monoisotopic (exact) mass is 445 g/mol. The Kier molecular flexibility index (Phi) is 9.05. The number of anilines is 1. The van der Waals surface area contributed by atoms with Crippen molar-refractivity contribution in [3.05, 3.63) is 30.3 Å². The molecular formula is C17H28IN5O. The third-order valence-electron chi connectivity index (χ3n) is 4.08. The molecule has 0 aliphatic carbocycles. The third-order valence-corrected chi connectivity index (χ3v) is 4.08. The predicted molar refractivity (Wildman–Crippen MR) is 110 cm³/mol. The average Bonchev–Trinajstić information content (AvgIpc) is 2.94. The number of guanidine groups is 1. The Labute approximate surface area is 161 Å². The molecule has 134 valence electrons. The van der Waals surface area contributed by atoms with Crippen molar-refractivity contribution in [2.24, 2.45) is 4.99 Å². The fourth-order valence-electron chi connectivity index (χ4n) is 2.57. The van der Waals surface area contributed by atoms with Crippen LogP contribution in [-0.2, 0) is 4.79 Å². The first-order valence-electron chi connectivity index (χ1n) is 8.15. The highest BCUT2D eigenvalue weighted by molar-refractivity contribution is 14.0. The quantitative estimate of drug-likeness (QED) is 0.396. The van der Waals surface area contributed by atoms with Crippen LogP contribution in [0.5, 0.6) is 0 Å². The Morgan fingerprint density at radius 2 is 2.08 bits per heavy atom. The largest absolute Gasteiger partial charge is 0.355 e. The van der Waals surface area contributed by atoms with Crippen LogP contribution in [0.2, 0.25) is 0 Å². The molecular weight excluding hydrogens is 417 g/mol. The van der Waals surface area contributed by atoms with Gasteiger partial charge in [-0.1, -0.05) is 25.1 Å². The number of hydrogen-bond donors (Lipinski definition) is 2. The van der Waals surface area contributed by atoms with E-state index in [1.165, 1.54) is 0 Å². The van der Waals surface area contributed by atoms with Gasteiger partial charge in [-0.25, -0.2) is 0 Å². The summed E-state index contributed by atoms with van der Waals surface area (Å²) >= 11 is 0. The Hall–Kier alpha value is -1.35. The van der Waals surface area contributed by atoms with Gasteiger partial charge < -0.3 is 20.4 Å². The first-order chi connectivity index (χ1) is 11.1. The number of likely N-dealkylation sites (N-methyl/N-ethyl adjacent to an activating group) is 1. The number of carbonyl (C=O) groups excluding carboxylic acids is 1. The molecule has 1 aromatic rings. The lowest BCUT2D eigenvalue weighted by Crippen LogP contribution is -2.46. The number of nitrogens with one attached hydrogen (secondary N) is 2. The maximum absolute atomic E-state index is 12.2. The van der Waals surface area contributed by atoms with Crippen molar-refractivity contribution in [3.8, 4) is 0 Å². The fraction of sp³-hybridized carbons (Fsp3) is 0.529. The van der Waals surface area contributed by atoms with Crippen LogP contribution in [0.4, 0.5) is 5.69 Å². The minimum atomic E-state index is 0. The summed E-state index contributed by atoms with van der Waals surface area (Å²) < 4.78 is 0. The minimum absolute atomic E-state index is 0. The molecule has 2 N–H and O–H groups in total. The number of halogens is 1. The van der Waals surface area contributed by atoms with E-state index in [0.717, 1.165) is 31.3 Å². The number of benzene rings is 1. The summed E-state index contributed by atoms with van der Waals surface area (Å²) in [6.07, 6.45) is 0.491. The van der Waals surface area contributed by atoms with Crippen molar-refractivity contribution in [1.29, 1.82) is 0 Å². The highest BCUT2D eigenvalue weighted by atomic mass is 127. The molecule has 1 saturated heterocycles. The van der Waals surface area contributed by atoms with Crippen molar-refractivity contribution in [2.45, 2.75) is 19.4 Å². The second-order valence-electron chi connectivity index (χ2n) is 5.78. The molecule has 7 heteroatoms. The van der Waals surface area contributed by atoms with Crippen LogP contribution >= 0.6 is 24.0 Å². The zero-order chi connectivity index (χ0) is 16.7. The first-order valence-corrected chi connectivity index (χ1v) is 8.15. The smallest absolute Gasteiger partial charge is 0.229 e. The van der Waals surface area contributed by atoms with E-state index in [1.807, 2.05) is 35.2 Å². The third kappa shape index (κ3) is 5.94. The summed E-state index contributed by atoms with van der Waals surface area (Å²) in [4.78, 5) is 20.5. The molecule has 0 saturated carbocycles. The number of carbonyl (C=O) groups is 1. The molecule has 0 spiro atoms. The molecule has 0 radical (unpaired) electrons. The Morgan fingerprint density at radius 1 is 1.38 bits per heavy atom. The molecule has 1 unspecified atom stereocenters. The standard InChI is InChI=1S/C17H27N5O.HI/c1-4-21(3)11-10-19-17(18-2)20-14-12-16(23)22(13-14)15-8-6-5-7-9-15;/h5-9,14H,4,10-13H2,1-3H3,(H2,18,19,20);1H. The molecule has 1 aromatic carbocycles. The van der Waals surface area contributed by atoms with Crippen molar-refractivity contribution in [2.75, 3.05) is 45.2 Å². The van der Waals surface area contributed by atoms with E-state index < -0.39 is 0 Å². The lowest BCUT2D eigenvalue weighted by Gasteiger charge is -2.20. The topological polar surface area (TPSA) is 60.0 Å². The van der Waals surface area contributed by atoms with Crippen LogP contribution in [0, 0.1) is 0 Å². The molecule has 1 atom stereocenters. The molecule has 1 heterocycles. The maximum Gasteiger partial charge on any atom is 0.229 e. The minimum Gasteiger partial charge on any atom is -0.355 e. The van der Waals surface area contributed by atoms with Gasteiger partial charge in [-0.15, -0.1) is 24.0 Å². The lowest BCUT2D eigenvalue weighted by molar-refractivity contribution is -0.117. The van der Waals surface area contributed by atoms with Crippen molar-refractivity contribution >= 4 is 41.5 Å². The number of hydrogen-bond acceptors (Lipinski definition) is 3. The molecule has 1 aliphatic heterocycles. The molecule has 0 aromatic heterocycles. The summed E-state index contributed by atoms with van der Waals surface area (Å²) in [5, 5.41) is 6.64. The average molecular weight is 445 g/mol. The molecule has 6 nitrogen and oxygen atoms in total. The summed E-state index contributed by atoms with van der Waals surface area (Å²) in [7, 11) is 3.84. The van der Waals surface area contributed by atoms with Crippen LogP contribution in [0.1, 0.15) is 13.3 Å². The van der Waals surface area contributed by atoms with Crippen molar-refractivity contribution in [3.63, 3.8) is 0 Å². The van der Waals surface area contributed by atoms with Crippen LogP contribution in [0.25, 0.3) is 0 Å². The van der Waals surface area contributed by atoms with Gasteiger partial charge in [0.1, 0.15) is 0 Å². The molecule has 24 heavy (non-hydrogen) atoms. The van der Waals surface area contributed by atoms with Crippen LogP contribution in [0.3, 0.4) is 0 Å². The second kappa shape index (κ2) is 10.5. The van der Waals surface area contributed by atoms with Gasteiger partial charge in [-0.05, 0) is 25.7 Å². The lowest BCUT2D eigenvalue weighted by atomic mass is 10.2. The van der Waals surface area contributed by atoms with Gasteiger partial charge in [-0.2, -0.15) is 0 Å². The second-order valence-corrected chi connectivity index (χ2v) is 5.78. The SMILES string of the molecule is CCN(C)CCNC(=NC)NC1CC(=O)N(c2ccccc2)C1.I. The maximum atomic E-state index is 12.2. The molecule has 2 rings (SSSR count). The number of para-hydroxylation sites is 1. The Bertz CT molecular complexity index is 537. The van der Waals surface area contributed by atoms with E-state index in [2.05, 4.69) is 34.5 Å². The van der Waals surface area contributed by atoms with E-state index in [4.69, 9.17) is 0 Å². The van der Waals surface area contributed by atoms with E-state index >= 15 is 0 Å². The fourth-order valence-corrected chi connectivity index (χ4v) is 2.57. The van der Waals surface area contributed by atoms with E-state index in [1.54, 1.807) is 7.05 Å². The zero-order valence-corrected chi connectivity index (χ0v) is 17.0. The van der Waals surface area contributed by atoms with Crippen LogP contribution in [-0.4, -0.2) is 63.1 Å². The molecule has 0 bridgehead atoms. The van der Waals surface area contributed by atoms with Gasteiger partial charge in [0.15, 0.2) is 5.96 Å². The number of nitrogens with zero attached hydrogens (tertiary/aromatic N) is 3. The Morgan fingerprint density at radius 3 is 2.71 bits per heavy atom. The van der Waals surface area contributed by atoms with E-state index in [9.17, 15) is 4.79 Å². The molecule has 1 fully saturated rings. The normalized spacial score (nSPS) is 17.8. The van der Waals surface area contributed by atoms with E-state index in [0.29, 0.717) is 13.0 Å². The van der Waals surface area contributed by atoms with Gasteiger partial charge >= 0.3 is 0 Å². The number of aliphatic imine (C=N–C) groups is 1. The van der Waals surface area contributed by atoms with Gasteiger partial charge in [0.25, 0.3) is 0 Å². The van der Waals surface area contributed by atoms with Crippen LogP contribution < -0.4 is 15.5 Å². The van der Waals surface area contributed by atoms with Gasteiger partial charge in [0.2, 0.25) is 5.91 Å². The molecule has 1 aliphatic rings. The van der Waals surface area contributed by atoms with Crippen LogP contribution in [0.15, 0.2) is 35.3 Å². The summed E-state index contributed by atoms with van der Waals surface area (Å²) in [6.45, 7) is 5.61.